The summed E-state index contributed by atoms with van der Waals surface area (Å²) in [6.07, 6.45) is 2.43. The van der Waals surface area contributed by atoms with E-state index in [4.69, 9.17) is 0 Å². The van der Waals surface area contributed by atoms with Crippen LogP contribution in [0.15, 0.2) is 46.9 Å². The molecule has 0 fully saturated rings. The maximum Gasteiger partial charge on any atom is 0.0940 e. The van der Waals surface area contributed by atoms with Crippen LogP contribution in [0.3, 0.4) is 0 Å². The van der Waals surface area contributed by atoms with Crippen molar-refractivity contribution < 1.29 is 5.11 Å². The second kappa shape index (κ2) is 4.77. The molecule has 1 aliphatic carbocycles. The molecule has 0 saturated carbocycles. The molecule has 98 valence electrons. The molecule has 3 rings (SSSR count). The number of halogens is 1. The molecule has 2 heteroatoms. The number of aliphatic hydroxyl groups is 1. The lowest BCUT2D eigenvalue weighted by molar-refractivity contribution is 0.0222. The third-order valence-electron chi connectivity index (χ3n) is 4.01. The lowest BCUT2D eigenvalue weighted by Gasteiger charge is -2.34. The number of aryl methyl sites for hydroxylation is 2. The van der Waals surface area contributed by atoms with Gasteiger partial charge in [0.1, 0.15) is 0 Å². The Morgan fingerprint density at radius 3 is 2.74 bits per heavy atom. The summed E-state index contributed by atoms with van der Waals surface area (Å²) in [5.41, 5.74) is 4.14. The topological polar surface area (TPSA) is 20.2 Å². The first kappa shape index (κ1) is 12.9. The maximum atomic E-state index is 11.0. The van der Waals surface area contributed by atoms with Gasteiger partial charge in [-0.1, -0.05) is 51.8 Å². The summed E-state index contributed by atoms with van der Waals surface area (Å²) >= 11 is 3.51. The van der Waals surface area contributed by atoms with Gasteiger partial charge < -0.3 is 5.11 Å². The minimum absolute atomic E-state index is 0.707. The average Bonchev–Trinajstić information content (AvgIpc) is 2.39. The molecule has 2 aromatic carbocycles. The van der Waals surface area contributed by atoms with E-state index in [1.165, 1.54) is 16.7 Å². The zero-order chi connectivity index (χ0) is 13.5. The van der Waals surface area contributed by atoms with Gasteiger partial charge >= 0.3 is 0 Å². The van der Waals surface area contributed by atoms with E-state index in [-0.39, 0.29) is 0 Å². The lowest BCUT2D eigenvalue weighted by atomic mass is 9.76. The molecule has 1 N–H and O–H groups in total. The minimum atomic E-state index is -0.715. The van der Waals surface area contributed by atoms with Crippen LogP contribution >= 0.6 is 15.9 Å². The molecule has 0 aliphatic heterocycles. The molecule has 0 amide bonds. The molecule has 0 radical (unpaired) electrons. The van der Waals surface area contributed by atoms with Crippen molar-refractivity contribution >= 4 is 15.9 Å². The van der Waals surface area contributed by atoms with E-state index < -0.39 is 5.60 Å². The van der Waals surface area contributed by atoms with Gasteiger partial charge in [-0.2, -0.15) is 0 Å². The quantitative estimate of drug-likeness (QED) is 0.838. The Bertz CT molecular complexity index is 620. The fourth-order valence-electron chi connectivity index (χ4n) is 2.93. The van der Waals surface area contributed by atoms with E-state index in [1.54, 1.807) is 0 Å². The molecule has 0 saturated heterocycles. The van der Waals surface area contributed by atoms with Gasteiger partial charge in [0.05, 0.1) is 5.60 Å². The first-order valence-corrected chi connectivity index (χ1v) is 7.43. The maximum absolute atomic E-state index is 11.0. The van der Waals surface area contributed by atoms with Gasteiger partial charge in [-0.05, 0) is 48.6 Å². The summed E-state index contributed by atoms with van der Waals surface area (Å²) in [5, 5.41) is 11.0. The van der Waals surface area contributed by atoms with Crippen LogP contribution in [0, 0.1) is 6.92 Å². The van der Waals surface area contributed by atoms with Gasteiger partial charge in [-0.15, -0.1) is 0 Å². The molecular formula is C17H17BrO. The van der Waals surface area contributed by atoms with E-state index in [0.29, 0.717) is 6.42 Å². The predicted molar refractivity (Wildman–Crippen MR) is 81.2 cm³/mol. The van der Waals surface area contributed by atoms with Crippen molar-refractivity contribution in [3.63, 3.8) is 0 Å². The van der Waals surface area contributed by atoms with Crippen LogP contribution in [0.1, 0.15) is 28.7 Å². The normalized spacial score (nSPS) is 22.1. The summed E-state index contributed by atoms with van der Waals surface area (Å²) in [6.45, 7) is 2.07. The van der Waals surface area contributed by atoms with Crippen molar-refractivity contribution in [2.45, 2.75) is 31.8 Å². The van der Waals surface area contributed by atoms with Crippen molar-refractivity contribution in [3.05, 3.63) is 69.2 Å². The van der Waals surface area contributed by atoms with Crippen LogP contribution < -0.4 is 0 Å². The molecular weight excluding hydrogens is 300 g/mol. The number of hydrogen-bond acceptors (Lipinski definition) is 1. The molecule has 19 heavy (non-hydrogen) atoms. The van der Waals surface area contributed by atoms with Gasteiger partial charge in [0.2, 0.25) is 0 Å². The number of hydrogen-bond donors (Lipinski definition) is 1. The molecule has 1 unspecified atom stereocenters. The summed E-state index contributed by atoms with van der Waals surface area (Å²) < 4.78 is 1.12. The monoisotopic (exact) mass is 316 g/mol. The third kappa shape index (κ3) is 2.47. The molecule has 0 spiro atoms. The predicted octanol–water partition coefficient (Wildman–Crippen LogP) is 4.13. The highest BCUT2D eigenvalue weighted by molar-refractivity contribution is 9.10. The summed E-state index contributed by atoms with van der Waals surface area (Å²) in [5.74, 6) is 0. The number of fused-ring (bicyclic) bond motifs is 1. The Balaban J connectivity index is 1.98. The number of rotatable bonds is 1. The second-order valence-electron chi connectivity index (χ2n) is 5.49. The first-order valence-electron chi connectivity index (χ1n) is 6.64. The Morgan fingerprint density at radius 2 is 1.95 bits per heavy atom. The van der Waals surface area contributed by atoms with Crippen LogP contribution in [-0.2, 0) is 18.4 Å². The van der Waals surface area contributed by atoms with Gasteiger partial charge in [0.15, 0.2) is 0 Å². The Hall–Kier alpha value is -1.12. The molecule has 0 bridgehead atoms. The largest absolute Gasteiger partial charge is 0.385 e. The lowest BCUT2D eigenvalue weighted by Crippen LogP contribution is -2.33. The van der Waals surface area contributed by atoms with Gasteiger partial charge in [0, 0.05) is 10.9 Å². The molecule has 0 heterocycles. The smallest absolute Gasteiger partial charge is 0.0940 e. The van der Waals surface area contributed by atoms with Crippen molar-refractivity contribution in [2.24, 2.45) is 0 Å². The highest BCUT2D eigenvalue weighted by Crippen LogP contribution is 2.37. The van der Waals surface area contributed by atoms with E-state index in [0.717, 1.165) is 22.9 Å². The van der Waals surface area contributed by atoms with Gasteiger partial charge in [-0.25, -0.2) is 0 Å². The van der Waals surface area contributed by atoms with E-state index in [1.807, 2.05) is 12.1 Å². The highest BCUT2D eigenvalue weighted by atomic mass is 79.9. The van der Waals surface area contributed by atoms with Crippen LogP contribution in [0.2, 0.25) is 0 Å². The third-order valence-corrected chi connectivity index (χ3v) is 4.51. The summed E-state index contributed by atoms with van der Waals surface area (Å²) in [4.78, 5) is 0. The zero-order valence-electron chi connectivity index (χ0n) is 11.0. The van der Waals surface area contributed by atoms with E-state index in [2.05, 4.69) is 53.2 Å². The van der Waals surface area contributed by atoms with Gasteiger partial charge in [-0.3, -0.25) is 0 Å². The fourth-order valence-corrected chi connectivity index (χ4v) is 3.33. The Morgan fingerprint density at radius 1 is 1.11 bits per heavy atom. The Kier molecular flexibility index (Phi) is 3.23. The zero-order valence-corrected chi connectivity index (χ0v) is 12.6. The molecule has 1 aliphatic rings. The van der Waals surface area contributed by atoms with Crippen molar-refractivity contribution in [1.29, 1.82) is 0 Å². The van der Waals surface area contributed by atoms with Crippen molar-refractivity contribution in [2.75, 3.05) is 0 Å². The van der Waals surface area contributed by atoms with Crippen LogP contribution in [0.4, 0.5) is 0 Å². The van der Waals surface area contributed by atoms with E-state index in [9.17, 15) is 5.11 Å². The average molecular weight is 317 g/mol. The molecule has 1 atom stereocenters. The minimum Gasteiger partial charge on any atom is -0.385 e. The molecule has 2 aromatic rings. The van der Waals surface area contributed by atoms with Crippen LogP contribution in [0.25, 0.3) is 0 Å². The van der Waals surface area contributed by atoms with Gasteiger partial charge in [0.25, 0.3) is 0 Å². The summed E-state index contributed by atoms with van der Waals surface area (Å²) in [7, 11) is 0. The SMILES string of the molecule is Cc1cccc(C2(O)CCc3cc(Br)ccc3C2)c1. The summed E-state index contributed by atoms with van der Waals surface area (Å²) in [6, 6.07) is 14.6. The highest BCUT2D eigenvalue weighted by Gasteiger charge is 2.33. The first-order chi connectivity index (χ1) is 9.07. The molecule has 1 nitrogen and oxygen atoms in total. The van der Waals surface area contributed by atoms with Crippen molar-refractivity contribution in [1.82, 2.24) is 0 Å². The number of benzene rings is 2. The molecule has 0 aromatic heterocycles. The standard InChI is InChI=1S/C17H17BrO/c1-12-3-2-4-15(9-12)17(19)8-7-13-10-16(18)6-5-14(13)11-17/h2-6,9-10,19H,7-8,11H2,1H3. The fraction of sp³-hybridized carbons (Fsp3) is 0.294. The Labute approximate surface area is 122 Å². The van der Waals surface area contributed by atoms with Crippen LogP contribution in [-0.4, -0.2) is 5.11 Å². The van der Waals surface area contributed by atoms with Crippen LogP contribution in [0.5, 0.6) is 0 Å². The second-order valence-corrected chi connectivity index (χ2v) is 6.41. The van der Waals surface area contributed by atoms with E-state index >= 15 is 0 Å². The van der Waals surface area contributed by atoms with Crippen molar-refractivity contribution in [3.8, 4) is 0 Å².